The number of carbonyl (C=O) groups is 3. The van der Waals surface area contributed by atoms with Gasteiger partial charge in [0.25, 0.3) is 0 Å². The van der Waals surface area contributed by atoms with Crippen molar-refractivity contribution in [2.45, 2.75) is 303 Å². The first-order chi connectivity index (χ1) is 37.5. The van der Waals surface area contributed by atoms with Gasteiger partial charge in [-0.05, 0) is 103 Å². The Hall–Kier alpha value is -3.93. The molecular weight excluding hydrogens is 937 g/mol. The molecule has 0 aliphatic carbocycles. The topological polar surface area (TPSA) is 78.9 Å². The molecule has 0 aliphatic heterocycles. The zero-order chi connectivity index (χ0) is 55.0. The summed E-state index contributed by atoms with van der Waals surface area (Å²) in [5.41, 5.74) is 0. The Labute approximate surface area is 470 Å². The molecule has 0 heterocycles. The van der Waals surface area contributed by atoms with Gasteiger partial charge in [-0.1, -0.05) is 284 Å². The van der Waals surface area contributed by atoms with Gasteiger partial charge in [0.05, 0.1) is 0 Å². The number of esters is 3. The number of hydrogen-bond acceptors (Lipinski definition) is 6. The molecule has 1 atom stereocenters. The Bertz CT molecular complexity index is 1540. The second kappa shape index (κ2) is 63.6. The van der Waals surface area contributed by atoms with Crippen molar-refractivity contribution >= 4 is 17.9 Å². The van der Waals surface area contributed by atoms with Crippen LogP contribution in [0, 0.1) is 0 Å². The van der Waals surface area contributed by atoms with E-state index in [1.807, 2.05) is 0 Å². The molecule has 0 saturated carbocycles. The lowest BCUT2D eigenvalue weighted by Crippen LogP contribution is -2.30. The van der Waals surface area contributed by atoms with Crippen LogP contribution in [0.15, 0.2) is 109 Å². The Balaban J connectivity index is 4.42. The van der Waals surface area contributed by atoms with E-state index in [1.165, 1.54) is 122 Å². The molecule has 76 heavy (non-hydrogen) atoms. The maximum Gasteiger partial charge on any atom is 0.306 e. The van der Waals surface area contributed by atoms with E-state index < -0.39 is 6.10 Å². The predicted octanol–water partition coefficient (Wildman–Crippen LogP) is 21.8. The van der Waals surface area contributed by atoms with Crippen LogP contribution in [0.2, 0.25) is 0 Å². The molecule has 1 unspecified atom stereocenters. The summed E-state index contributed by atoms with van der Waals surface area (Å²) in [6, 6.07) is 0. The van der Waals surface area contributed by atoms with Crippen LogP contribution in [-0.2, 0) is 28.6 Å². The van der Waals surface area contributed by atoms with Crippen LogP contribution in [0.3, 0.4) is 0 Å². The van der Waals surface area contributed by atoms with Crippen molar-refractivity contribution in [3.63, 3.8) is 0 Å². The molecule has 0 aromatic heterocycles. The molecule has 0 fully saturated rings. The van der Waals surface area contributed by atoms with Crippen molar-refractivity contribution in [3.05, 3.63) is 109 Å². The summed E-state index contributed by atoms with van der Waals surface area (Å²) in [6.07, 6.45) is 86.5. The minimum Gasteiger partial charge on any atom is -0.462 e. The molecule has 0 amide bonds. The first kappa shape index (κ1) is 72.1. The zero-order valence-corrected chi connectivity index (χ0v) is 49.7. The summed E-state index contributed by atoms with van der Waals surface area (Å²) in [6.45, 7) is 6.42. The maximum atomic E-state index is 12.9. The summed E-state index contributed by atoms with van der Waals surface area (Å²) in [5, 5.41) is 0. The predicted molar refractivity (Wildman–Crippen MR) is 330 cm³/mol. The molecule has 0 aliphatic rings. The maximum absolute atomic E-state index is 12.9. The van der Waals surface area contributed by atoms with Crippen LogP contribution in [0.1, 0.15) is 297 Å². The lowest BCUT2D eigenvalue weighted by atomic mass is 10.0. The van der Waals surface area contributed by atoms with Gasteiger partial charge in [-0.25, -0.2) is 0 Å². The summed E-state index contributed by atoms with van der Waals surface area (Å²) >= 11 is 0. The van der Waals surface area contributed by atoms with E-state index >= 15 is 0 Å². The van der Waals surface area contributed by atoms with Crippen molar-refractivity contribution in [2.75, 3.05) is 13.2 Å². The van der Waals surface area contributed by atoms with Gasteiger partial charge in [-0.2, -0.15) is 0 Å². The summed E-state index contributed by atoms with van der Waals surface area (Å²) in [7, 11) is 0. The van der Waals surface area contributed by atoms with Crippen molar-refractivity contribution in [2.24, 2.45) is 0 Å². The molecule has 0 aromatic rings. The van der Waals surface area contributed by atoms with Crippen LogP contribution in [0.5, 0.6) is 0 Å². The van der Waals surface area contributed by atoms with Gasteiger partial charge in [0.15, 0.2) is 6.10 Å². The molecule has 0 aromatic carbocycles. The Kier molecular flexibility index (Phi) is 60.3. The van der Waals surface area contributed by atoms with E-state index in [2.05, 4.69) is 130 Å². The van der Waals surface area contributed by atoms with Crippen molar-refractivity contribution in [1.29, 1.82) is 0 Å². The molecular formula is C70H118O6. The highest BCUT2D eigenvalue weighted by molar-refractivity contribution is 5.71. The molecule has 0 rings (SSSR count). The third-order valence-corrected chi connectivity index (χ3v) is 13.5. The summed E-state index contributed by atoms with van der Waals surface area (Å²) in [4.78, 5) is 38.4. The average Bonchev–Trinajstić information content (AvgIpc) is 3.42. The highest BCUT2D eigenvalue weighted by Crippen LogP contribution is 2.16. The Morgan fingerprint density at radius 3 is 0.803 bits per heavy atom. The second-order valence-corrected chi connectivity index (χ2v) is 20.9. The minimum absolute atomic E-state index is 0.0862. The molecule has 0 spiro atoms. The lowest BCUT2D eigenvalue weighted by molar-refractivity contribution is -0.167. The normalized spacial score (nSPS) is 12.8. The number of hydrogen-bond donors (Lipinski definition) is 0. The van der Waals surface area contributed by atoms with E-state index in [0.717, 1.165) is 135 Å². The van der Waals surface area contributed by atoms with Crippen molar-refractivity contribution in [3.8, 4) is 0 Å². The van der Waals surface area contributed by atoms with Crippen LogP contribution >= 0.6 is 0 Å². The molecule has 0 saturated heterocycles. The van der Waals surface area contributed by atoms with Gasteiger partial charge in [0.1, 0.15) is 13.2 Å². The Morgan fingerprint density at radius 1 is 0.276 bits per heavy atom. The standard InChI is InChI=1S/C70H118O6/c1-4-7-10-13-16-19-22-25-28-31-33-34-35-36-38-39-42-45-48-51-54-57-60-63-69(72)75-66-67(65-74-68(71)62-59-56-53-50-47-44-41-30-27-24-21-18-15-12-9-6-3)76-70(73)64-61-58-55-52-49-46-43-40-37-32-29-26-23-20-17-14-11-8-5-2/h7-8,10-11,16-17,19-20,25-26,28-29,33-34,36-38,40,67H,4-6,9,12-15,18,21-24,27,30-32,35,39,41-66H2,1-3H3/b10-7-,11-8-,19-16-,20-17-,28-25-,29-26-,34-33-,38-36-,40-37-. The number of unbranched alkanes of at least 4 members (excludes halogenated alkanes) is 28. The van der Waals surface area contributed by atoms with E-state index in [0.29, 0.717) is 19.3 Å². The van der Waals surface area contributed by atoms with Gasteiger partial charge in [0, 0.05) is 19.3 Å². The zero-order valence-electron chi connectivity index (χ0n) is 49.7. The first-order valence-electron chi connectivity index (χ1n) is 31.9. The van der Waals surface area contributed by atoms with Crippen molar-refractivity contribution in [1.82, 2.24) is 0 Å². The monoisotopic (exact) mass is 1050 g/mol. The molecule has 434 valence electrons. The smallest absolute Gasteiger partial charge is 0.306 e. The SMILES string of the molecule is CC/C=C\C/C=C\C/C=C\C/C=C\C/C=C\CCCCCCCCCC(=O)OCC(COC(=O)CCCCCCCCCCCCCCCCCC)OC(=O)CCCCCCCC/C=C\C/C=C\C/C=C\C/C=C\CC. The molecule has 0 N–H and O–H groups in total. The molecule has 0 bridgehead atoms. The Morgan fingerprint density at radius 2 is 0.513 bits per heavy atom. The van der Waals surface area contributed by atoms with Crippen LogP contribution < -0.4 is 0 Å². The fourth-order valence-corrected chi connectivity index (χ4v) is 8.81. The number of ether oxygens (including phenoxy) is 3. The second-order valence-electron chi connectivity index (χ2n) is 20.9. The molecule has 6 nitrogen and oxygen atoms in total. The lowest BCUT2D eigenvalue weighted by Gasteiger charge is -2.18. The number of allylic oxidation sites excluding steroid dienone is 18. The van der Waals surface area contributed by atoms with Gasteiger partial charge >= 0.3 is 17.9 Å². The van der Waals surface area contributed by atoms with E-state index in [4.69, 9.17) is 14.2 Å². The van der Waals surface area contributed by atoms with Crippen LogP contribution in [-0.4, -0.2) is 37.2 Å². The summed E-state index contributed by atoms with van der Waals surface area (Å²) in [5.74, 6) is -0.902. The highest BCUT2D eigenvalue weighted by atomic mass is 16.6. The van der Waals surface area contributed by atoms with Crippen molar-refractivity contribution < 1.29 is 28.6 Å². The van der Waals surface area contributed by atoms with Gasteiger partial charge in [-0.3, -0.25) is 14.4 Å². The third kappa shape index (κ3) is 60.9. The van der Waals surface area contributed by atoms with Crippen LogP contribution in [0.25, 0.3) is 0 Å². The largest absolute Gasteiger partial charge is 0.462 e. The van der Waals surface area contributed by atoms with E-state index in [-0.39, 0.29) is 31.1 Å². The van der Waals surface area contributed by atoms with Gasteiger partial charge in [-0.15, -0.1) is 0 Å². The van der Waals surface area contributed by atoms with Crippen LogP contribution in [0.4, 0.5) is 0 Å². The quantitative estimate of drug-likeness (QED) is 0.0261. The molecule has 6 heteroatoms. The van der Waals surface area contributed by atoms with E-state index in [1.54, 1.807) is 0 Å². The van der Waals surface area contributed by atoms with Gasteiger partial charge in [0.2, 0.25) is 0 Å². The third-order valence-electron chi connectivity index (χ3n) is 13.5. The number of carbonyl (C=O) groups excluding carboxylic acids is 3. The first-order valence-corrected chi connectivity index (χ1v) is 31.9. The highest BCUT2D eigenvalue weighted by Gasteiger charge is 2.19. The average molecular weight is 1060 g/mol. The fourth-order valence-electron chi connectivity index (χ4n) is 8.81. The minimum atomic E-state index is -0.792. The van der Waals surface area contributed by atoms with Gasteiger partial charge < -0.3 is 14.2 Å². The fraction of sp³-hybridized carbons (Fsp3) is 0.700. The van der Waals surface area contributed by atoms with E-state index in [9.17, 15) is 14.4 Å². The summed E-state index contributed by atoms with van der Waals surface area (Å²) < 4.78 is 16.9. The number of rotatable bonds is 57. The molecule has 0 radical (unpaired) electrons.